The van der Waals surface area contributed by atoms with Crippen LogP contribution < -0.4 is 0 Å². The van der Waals surface area contributed by atoms with Crippen LogP contribution in [0.25, 0.3) is 6.08 Å². The molecule has 1 aliphatic carbocycles. The molecule has 0 N–H and O–H groups in total. The summed E-state index contributed by atoms with van der Waals surface area (Å²) in [6.07, 6.45) is 5.30. The van der Waals surface area contributed by atoms with E-state index < -0.39 is 0 Å². The van der Waals surface area contributed by atoms with Crippen molar-refractivity contribution in [1.29, 1.82) is 0 Å². The minimum Gasteiger partial charge on any atom is -0.179 e. The zero-order valence-corrected chi connectivity index (χ0v) is 9.28. The molecule has 14 heavy (non-hydrogen) atoms. The molecule has 0 radical (unpaired) electrons. The topological polar surface area (TPSA) is 30.7 Å². The molecule has 0 aliphatic heterocycles. The van der Waals surface area contributed by atoms with Crippen LogP contribution in [0.15, 0.2) is 6.08 Å². The van der Waals surface area contributed by atoms with Gasteiger partial charge in [0, 0.05) is 0 Å². The van der Waals surface area contributed by atoms with E-state index in [1.807, 2.05) is 4.80 Å². The molecular weight excluding hydrogens is 174 g/mol. The minimum absolute atomic E-state index is 0.0194. The van der Waals surface area contributed by atoms with Crippen LogP contribution in [0.2, 0.25) is 0 Å². The SMILES string of the molecule is CC1C=Cc2nn(C(C)(C)C)nc2C1. The zero-order chi connectivity index (χ0) is 10.3. The van der Waals surface area contributed by atoms with Gasteiger partial charge in [-0.3, -0.25) is 0 Å². The van der Waals surface area contributed by atoms with Crippen LogP contribution >= 0.6 is 0 Å². The Labute approximate surface area is 84.8 Å². The van der Waals surface area contributed by atoms with Crippen molar-refractivity contribution in [3.8, 4) is 0 Å². The molecule has 3 heteroatoms. The summed E-state index contributed by atoms with van der Waals surface area (Å²) in [6, 6.07) is 0. The molecular formula is C11H17N3. The number of hydrogen-bond acceptors (Lipinski definition) is 2. The maximum Gasteiger partial charge on any atom is 0.108 e. The highest BCUT2D eigenvalue weighted by molar-refractivity contribution is 5.49. The van der Waals surface area contributed by atoms with E-state index >= 15 is 0 Å². The fourth-order valence-corrected chi connectivity index (χ4v) is 1.55. The van der Waals surface area contributed by atoms with Crippen molar-refractivity contribution in [2.24, 2.45) is 5.92 Å². The molecule has 0 saturated heterocycles. The van der Waals surface area contributed by atoms with Crippen LogP contribution in [-0.4, -0.2) is 15.0 Å². The van der Waals surface area contributed by atoms with Gasteiger partial charge in [-0.05, 0) is 39.2 Å². The third kappa shape index (κ3) is 1.59. The monoisotopic (exact) mass is 191 g/mol. The molecule has 0 spiro atoms. The Balaban J connectivity index is 2.39. The highest BCUT2D eigenvalue weighted by Crippen LogP contribution is 2.21. The lowest BCUT2D eigenvalue weighted by atomic mass is 9.99. The van der Waals surface area contributed by atoms with Gasteiger partial charge in [-0.25, -0.2) is 0 Å². The Morgan fingerprint density at radius 2 is 2.07 bits per heavy atom. The molecule has 2 rings (SSSR count). The number of rotatable bonds is 0. The molecule has 1 aromatic heterocycles. The summed E-state index contributed by atoms with van der Waals surface area (Å²) in [5, 5.41) is 9.00. The molecule has 1 unspecified atom stereocenters. The number of fused-ring (bicyclic) bond motifs is 1. The van der Waals surface area contributed by atoms with Gasteiger partial charge in [-0.1, -0.05) is 13.0 Å². The van der Waals surface area contributed by atoms with Gasteiger partial charge in [0.2, 0.25) is 0 Å². The highest BCUT2D eigenvalue weighted by Gasteiger charge is 2.21. The lowest BCUT2D eigenvalue weighted by Crippen LogP contribution is -2.24. The van der Waals surface area contributed by atoms with Crippen LogP contribution in [0.4, 0.5) is 0 Å². The quantitative estimate of drug-likeness (QED) is 0.629. The maximum atomic E-state index is 4.53. The van der Waals surface area contributed by atoms with E-state index in [9.17, 15) is 0 Å². The lowest BCUT2D eigenvalue weighted by Gasteiger charge is -2.16. The van der Waals surface area contributed by atoms with E-state index in [0.717, 1.165) is 17.8 Å². The Bertz CT molecular complexity index is 368. The van der Waals surface area contributed by atoms with E-state index in [1.165, 1.54) is 0 Å². The summed E-state index contributed by atoms with van der Waals surface area (Å²) >= 11 is 0. The normalized spacial score (nSPS) is 21.0. The van der Waals surface area contributed by atoms with E-state index in [4.69, 9.17) is 0 Å². The fraction of sp³-hybridized carbons (Fsp3) is 0.636. The molecule has 1 heterocycles. The second-order valence-corrected chi connectivity index (χ2v) is 5.03. The number of hydrogen-bond donors (Lipinski definition) is 0. The predicted molar refractivity (Wildman–Crippen MR) is 56.9 cm³/mol. The van der Waals surface area contributed by atoms with E-state index in [2.05, 4.69) is 50.0 Å². The van der Waals surface area contributed by atoms with Crippen molar-refractivity contribution < 1.29 is 0 Å². The van der Waals surface area contributed by atoms with Crippen molar-refractivity contribution >= 4 is 6.08 Å². The maximum absolute atomic E-state index is 4.53. The van der Waals surface area contributed by atoms with Gasteiger partial charge >= 0.3 is 0 Å². The van der Waals surface area contributed by atoms with Gasteiger partial charge in [-0.2, -0.15) is 15.0 Å². The van der Waals surface area contributed by atoms with Crippen molar-refractivity contribution in [2.75, 3.05) is 0 Å². The van der Waals surface area contributed by atoms with Crippen molar-refractivity contribution in [3.63, 3.8) is 0 Å². The van der Waals surface area contributed by atoms with Crippen LogP contribution in [0.1, 0.15) is 39.1 Å². The third-order valence-electron chi connectivity index (χ3n) is 2.41. The molecule has 0 saturated carbocycles. The first-order chi connectivity index (χ1) is 6.47. The van der Waals surface area contributed by atoms with E-state index in [-0.39, 0.29) is 5.54 Å². The summed E-state index contributed by atoms with van der Waals surface area (Å²) < 4.78 is 0. The standard InChI is InChI=1S/C11H17N3/c1-8-5-6-9-10(7-8)13-14(12-9)11(2,3)4/h5-6,8H,7H2,1-4H3. The van der Waals surface area contributed by atoms with Crippen LogP contribution in [0, 0.1) is 5.92 Å². The van der Waals surface area contributed by atoms with Gasteiger partial charge in [0.25, 0.3) is 0 Å². The Hall–Kier alpha value is -1.12. The van der Waals surface area contributed by atoms with Crippen LogP contribution in [0.3, 0.4) is 0 Å². The molecule has 0 amide bonds. The fourth-order valence-electron chi connectivity index (χ4n) is 1.55. The molecule has 76 valence electrons. The average Bonchev–Trinajstić information content (AvgIpc) is 2.45. The second kappa shape index (κ2) is 2.94. The summed E-state index contributed by atoms with van der Waals surface area (Å²) in [4.78, 5) is 1.82. The number of nitrogens with zero attached hydrogens (tertiary/aromatic N) is 3. The Morgan fingerprint density at radius 3 is 2.71 bits per heavy atom. The van der Waals surface area contributed by atoms with Gasteiger partial charge in [0.1, 0.15) is 5.69 Å². The first kappa shape index (κ1) is 9.44. The summed E-state index contributed by atoms with van der Waals surface area (Å²) in [5.41, 5.74) is 2.15. The summed E-state index contributed by atoms with van der Waals surface area (Å²) in [6.45, 7) is 8.55. The van der Waals surface area contributed by atoms with E-state index in [0.29, 0.717) is 5.92 Å². The molecule has 1 aromatic rings. The molecule has 0 aromatic carbocycles. The van der Waals surface area contributed by atoms with E-state index in [1.54, 1.807) is 0 Å². The number of aromatic nitrogens is 3. The molecule has 1 atom stereocenters. The molecule has 1 aliphatic rings. The Morgan fingerprint density at radius 1 is 1.36 bits per heavy atom. The third-order valence-corrected chi connectivity index (χ3v) is 2.41. The van der Waals surface area contributed by atoms with Gasteiger partial charge < -0.3 is 0 Å². The first-order valence-corrected chi connectivity index (χ1v) is 5.12. The van der Waals surface area contributed by atoms with Crippen molar-refractivity contribution in [1.82, 2.24) is 15.0 Å². The lowest BCUT2D eigenvalue weighted by molar-refractivity contribution is 0.310. The van der Waals surface area contributed by atoms with Crippen LogP contribution in [-0.2, 0) is 12.0 Å². The molecule has 0 fully saturated rings. The minimum atomic E-state index is -0.0194. The number of allylic oxidation sites excluding steroid dienone is 1. The second-order valence-electron chi connectivity index (χ2n) is 5.03. The van der Waals surface area contributed by atoms with Gasteiger partial charge in [-0.15, -0.1) is 0 Å². The Kier molecular flexibility index (Phi) is 1.98. The van der Waals surface area contributed by atoms with Gasteiger partial charge in [0.15, 0.2) is 0 Å². The van der Waals surface area contributed by atoms with Crippen molar-refractivity contribution in [3.05, 3.63) is 17.5 Å². The highest BCUT2D eigenvalue weighted by atomic mass is 15.5. The zero-order valence-electron chi connectivity index (χ0n) is 9.28. The smallest absolute Gasteiger partial charge is 0.108 e. The molecule has 0 bridgehead atoms. The van der Waals surface area contributed by atoms with Crippen molar-refractivity contribution in [2.45, 2.75) is 39.7 Å². The summed E-state index contributed by atoms with van der Waals surface area (Å²) in [5.74, 6) is 0.590. The van der Waals surface area contributed by atoms with Gasteiger partial charge in [0.05, 0.1) is 11.2 Å². The molecule has 3 nitrogen and oxygen atoms in total. The van der Waals surface area contributed by atoms with Crippen LogP contribution in [0.5, 0.6) is 0 Å². The largest absolute Gasteiger partial charge is 0.179 e. The first-order valence-electron chi connectivity index (χ1n) is 5.12. The predicted octanol–water partition coefficient (Wildman–Crippen LogP) is 2.24. The average molecular weight is 191 g/mol. The summed E-state index contributed by atoms with van der Waals surface area (Å²) in [7, 11) is 0.